The summed E-state index contributed by atoms with van der Waals surface area (Å²) in [6.07, 6.45) is 5.46. The number of nitrogens with one attached hydrogen (secondary N) is 1. The second-order valence-electron chi connectivity index (χ2n) is 9.45. The fourth-order valence-corrected chi connectivity index (χ4v) is 6.19. The third kappa shape index (κ3) is 3.90. The predicted molar refractivity (Wildman–Crippen MR) is 139 cm³/mol. The van der Waals surface area contributed by atoms with Gasteiger partial charge in [-0.25, -0.2) is 0 Å². The molecule has 1 amide bonds. The van der Waals surface area contributed by atoms with Crippen LogP contribution in [-0.4, -0.2) is 33.1 Å². The largest absolute Gasteiger partial charge is 0.364 e. The maximum atomic E-state index is 12.9. The average Bonchev–Trinajstić information content (AvgIpc) is 3.30. The molecule has 3 atom stereocenters. The van der Waals surface area contributed by atoms with Crippen LogP contribution in [0.3, 0.4) is 0 Å². The molecule has 0 unspecified atom stereocenters. The number of anilines is 1. The fraction of sp³-hybridized carbons (Fsp3) is 0.286. The second-order valence-corrected chi connectivity index (χ2v) is 10.2. The number of nitrogens with zero attached hydrogens (tertiary/aromatic N) is 4. The number of carbonyl (C=O) groups excluding carboxylic acids is 1. The summed E-state index contributed by atoms with van der Waals surface area (Å²) in [5, 5.41) is 7.27. The zero-order valence-electron chi connectivity index (χ0n) is 19.8. The van der Waals surface area contributed by atoms with Crippen LogP contribution >= 0.6 is 11.5 Å². The Morgan fingerprint density at radius 1 is 1.03 bits per heavy atom. The summed E-state index contributed by atoms with van der Waals surface area (Å²) in [6.45, 7) is 5.03. The standard InChI is InChI=1S/C28H27N5OS/c1-17-22-5-3-4-6-23(22)26-16-21(30-28(34)27-18(2)31-32-35-27)11-14-33(26)25-8-7-20(15-24(17)25)19-9-12-29-13-10-19/h3-10,12-13,15,17,21,26H,11,14,16H2,1-2H3,(H,30,34)/t17-,21-,26-/m1/s1. The van der Waals surface area contributed by atoms with E-state index in [2.05, 4.69) is 86.3 Å². The number of hydrogen-bond donors (Lipinski definition) is 1. The molecule has 7 heteroatoms. The Morgan fingerprint density at radius 2 is 1.83 bits per heavy atom. The Labute approximate surface area is 209 Å². The van der Waals surface area contributed by atoms with Crippen LogP contribution in [0.1, 0.15) is 63.8 Å². The number of amides is 1. The maximum Gasteiger partial charge on any atom is 0.265 e. The van der Waals surface area contributed by atoms with Crippen LogP contribution in [0.5, 0.6) is 0 Å². The molecule has 0 aliphatic carbocycles. The molecule has 1 fully saturated rings. The van der Waals surface area contributed by atoms with Gasteiger partial charge in [-0.1, -0.05) is 41.7 Å². The van der Waals surface area contributed by atoms with Crippen LogP contribution in [0.2, 0.25) is 0 Å². The van der Waals surface area contributed by atoms with E-state index >= 15 is 0 Å². The molecule has 0 radical (unpaired) electrons. The smallest absolute Gasteiger partial charge is 0.265 e. The van der Waals surface area contributed by atoms with Crippen molar-refractivity contribution in [1.82, 2.24) is 19.9 Å². The molecule has 6 nitrogen and oxygen atoms in total. The van der Waals surface area contributed by atoms with E-state index in [9.17, 15) is 4.79 Å². The molecular formula is C28H27N5OS. The van der Waals surface area contributed by atoms with Gasteiger partial charge in [0.15, 0.2) is 0 Å². The van der Waals surface area contributed by atoms with E-state index in [-0.39, 0.29) is 23.9 Å². The molecule has 6 rings (SSSR count). The van der Waals surface area contributed by atoms with Crippen LogP contribution in [0, 0.1) is 6.92 Å². The zero-order valence-corrected chi connectivity index (χ0v) is 20.6. The number of pyridine rings is 1. The highest BCUT2D eigenvalue weighted by molar-refractivity contribution is 7.08. The van der Waals surface area contributed by atoms with E-state index in [1.54, 1.807) is 0 Å². The van der Waals surface area contributed by atoms with Crippen molar-refractivity contribution < 1.29 is 4.79 Å². The van der Waals surface area contributed by atoms with Gasteiger partial charge >= 0.3 is 0 Å². The SMILES string of the molecule is Cc1nnsc1C(=O)N[C@@H]1CCN2c3ccc(-c4ccncc4)cc3[C@H](C)c3ccccc3[C@H]2C1. The Bertz CT molecular complexity index is 1390. The van der Waals surface area contributed by atoms with Crippen LogP contribution < -0.4 is 10.2 Å². The minimum absolute atomic E-state index is 0.0615. The molecule has 176 valence electrons. The van der Waals surface area contributed by atoms with Crippen molar-refractivity contribution in [2.45, 2.75) is 44.7 Å². The van der Waals surface area contributed by atoms with Crippen LogP contribution in [-0.2, 0) is 0 Å². The van der Waals surface area contributed by atoms with Crippen LogP contribution in [0.25, 0.3) is 11.1 Å². The first-order valence-electron chi connectivity index (χ1n) is 12.1. The van der Waals surface area contributed by atoms with Gasteiger partial charge in [-0.2, -0.15) is 0 Å². The highest BCUT2D eigenvalue weighted by atomic mass is 32.1. The molecule has 4 heterocycles. The van der Waals surface area contributed by atoms with E-state index in [1.807, 2.05) is 19.3 Å². The average molecular weight is 482 g/mol. The van der Waals surface area contributed by atoms with Crippen molar-refractivity contribution in [2.75, 3.05) is 11.4 Å². The van der Waals surface area contributed by atoms with Crippen molar-refractivity contribution in [1.29, 1.82) is 0 Å². The molecular weight excluding hydrogens is 454 g/mol. The Hall–Kier alpha value is -3.58. The van der Waals surface area contributed by atoms with Gasteiger partial charge in [0.1, 0.15) is 4.88 Å². The molecule has 0 bridgehead atoms. The van der Waals surface area contributed by atoms with Gasteiger partial charge in [0.25, 0.3) is 5.91 Å². The summed E-state index contributed by atoms with van der Waals surface area (Å²) in [6, 6.07) is 20.1. The van der Waals surface area contributed by atoms with Crippen molar-refractivity contribution in [3.05, 3.63) is 94.3 Å². The van der Waals surface area contributed by atoms with Gasteiger partial charge in [0.2, 0.25) is 0 Å². The zero-order chi connectivity index (χ0) is 23.9. The summed E-state index contributed by atoms with van der Waals surface area (Å²) in [4.78, 5) is 20.2. The Morgan fingerprint density at radius 3 is 2.60 bits per heavy atom. The van der Waals surface area contributed by atoms with Crippen LogP contribution in [0.4, 0.5) is 5.69 Å². The van der Waals surface area contributed by atoms with E-state index in [1.165, 1.54) is 33.5 Å². The van der Waals surface area contributed by atoms with Crippen molar-refractivity contribution in [2.24, 2.45) is 0 Å². The molecule has 4 aromatic rings. The molecule has 2 aromatic carbocycles. The first-order chi connectivity index (χ1) is 17.1. The molecule has 1 N–H and O–H groups in total. The van der Waals surface area contributed by atoms with Gasteiger partial charge in [-0.05, 0) is 83.4 Å². The number of carbonyl (C=O) groups is 1. The molecule has 35 heavy (non-hydrogen) atoms. The van der Waals surface area contributed by atoms with Gasteiger partial charge in [-0.3, -0.25) is 9.78 Å². The van der Waals surface area contributed by atoms with Gasteiger partial charge < -0.3 is 10.2 Å². The van der Waals surface area contributed by atoms with Crippen LogP contribution in [0.15, 0.2) is 67.0 Å². The van der Waals surface area contributed by atoms with Crippen molar-refractivity contribution >= 4 is 23.1 Å². The van der Waals surface area contributed by atoms with Gasteiger partial charge in [0, 0.05) is 36.6 Å². The van der Waals surface area contributed by atoms with Gasteiger partial charge in [-0.15, -0.1) is 5.10 Å². The lowest BCUT2D eigenvalue weighted by atomic mass is 9.85. The second kappa shape index (κ2) is 8.89. The molecule has 1 saturated heterocycles. The number of benzene rings is 2. The molecule has 0 spiro atoms. The Balaban J connectivity index is 1.37. The lowest BCUT2D eigenvalue weighted by Crippen LogP contribution is -2.46. The summed E-state index contributed by atoms with van der Waals surface area (Å²) in [5.41, 5.74) is 8.45. The fourth-order valence-electron chi connectivity index (χ4n) is 5.63. The summed E-state index contributed by atoms with van der Waals surface area (Å²) >= 11 is 1.16. The third-order valence-corrected chi connectivity index (χ3v) is 8.26. The van der Waals surface area contributed by atoms with E-state index in [0.717, 1.165) is 30.9 Å². The summed E-state index contributed by atoms with van der Waals surface area (Å²) in [5.74, 6) is 0.209. The lowest BCUT2D eigenvalue weighted by Gasteiger charge is -2.41. The maximum absolute atomic E-state index is 12.9. The molecule has 2 aliphatic rings. The monoisotopic (exact) mass is 481 g/mol. The topological polar surface area (TPSA) is 71.0 Å². The number of rotatable bonds is 3. The minimum atomic E-state index is -0.0615. The molecule has 2 aromatic heterocycles. The van der Waals surface area contributed by atoms with Gasteiger partial charge in [0.05, 0.1) is 11.7 Å². The predicted octanol–water partition coefficient (Wildman–Crippen LogP) is 5.51. The highest BCUT2D eigenvalue weighted by Crippen LogP contribution is 2.47. The molecule has 2 aliphatic heterocycles. The van der Waals surface area contributed by atoms with E-state index in [0.29, 0.717) is 10.6 Å². The van der Waals surface area contributed by atoms with Crippen molar-refractivity contribution in [3.63, 3.8) is 0 Å². The lowest BCUT2D eigenvalue weighted by molar-refractivity contribution is 0.0930. The minimum Gasteiger partial charge on any atom is -0.364 e. The normalized spacial score (nSPS) is 20.9. The first kappa shape index (κ1) is 21.9. The number of hydrogen-bond acceptors (Lipinski definition) is 6. The number of piperidine rings is 1. The quantitative estimate of drug-likeness (QED) is 0.418. The number of fused-ring (bicyclic) bond motifs is 5. The number of aryl methyl sites for hydroxylation is 1. The highest BCUT2D eigenvalue weighted by Gasteiger charge is 2.37. The summed E-state index contributed by atoms with van der Waals surface area (Å²) in [7, 11) is 0. The van der Waals surface area contributed by atoms with E-state index in [4.69, 9.17) is 0 Å². The molecule has 0 saturated carbocycles. The van der Waals surface area contributed by atoms with E-state index < -0.39 is 0 Å². The summed E-state index contributed by atoms with van der Waals surface area (Å²) < 4.78 is 3.93. The third-order valence-electron chi connectivity index (χ3n) is 7.43. The number of aromatic nitrogens is 3. The van der Waals surface area contributed by atoms with Crippen molar-refractivity contribution in [3.8, 4) is 11.1 Å². The first-order valence-corrected chi connectivity index (χ1v) is 12.9. The Kier molecular flexibility index (Phi) is 5.57.